The van der Waals surface area contributed by atoms with Gasteiger partial charge in [0.1, 0.15) is 22.9 Å². The van der Waals surface area contributed by atoms with Crippen molar-refractivity contribution in [1.82, 2.24) is 9.78 Å². The van der Waals surface area contributed by atoms with Crippen LogP contribution in [-0.4, -0.2) is 27.0 Å². The fourth-order valence-corrected chi connectivity index (χ4v) is 3.56. The van der Waals surface area contributed by atoms with E-state index >= 15 is 0 Å². The molecular formula is C18H14BrF3N4O3. The molecule has 3 aromatic rings. The number of hydrogen-bond donors (Lipinski definition) is 3. The van der Waals surface area contributed by atoms with Crippen LogP contribution in [0.25, 0.3) is 0 Å². The Bertz CT molecular complexity index is 1050. The first kappa shape index (κ1) is 19.4. The van der Waals surface area contributed by atoms with Gasteiger partial charge in [-0.15, -0.1) is 0 Å². The molecule has 3 heterocycles. The predicted octanol–water partition coefficient (Wildman–Crippen LogP) is 4.86. The maximum Gasteiger partial charge on any atom is 0.410 e. The number of alkyl halides is 3. The second-order valence-corrected chi connectivity index (χ2v) is 7.39. The molecule has 0 radical (unpaired) electrons. The number of nitrogens with one attached hydrogen (secondary N) is 2. The molecule has 0 bridgehead atoms. The number of nitrogens with zero attached hydrogens (tertiary/aromatic N) is 2. The van der Waals surface area contributed by atoms with Crippen molar-refractivity contribution in [2.24, 2.45) is 0 Å². The summed E-state index contributed by atoms with van der Waals surface area (Å²) >= 11 is 3.23. The minimum atomic E-state index is -4.57. The van der Waals surface area contributed by atoms with Gasteiger partial charge in [-0.1, -0.05) is 15.9 Å². The zero-order valence-corrected chi connectivity index (χ0v) is 16.2. The van der Waals surface area contributed by atoms with E-state index in [4.69, 9.17) is 4.42 Å². The maximum atomic E-state index is 13.6. The minimum Gasteiger partial charge on any atom is -0.506 e. The zero-order chi connectivity index (χ0) is 20.8. The number of carbonyl (C=O) groups excluding carboxylic acids is 1. The van der Waals surface area contributed by atoms with Crippen molar-refractivity contribution in [3.8, 4) is 5.75 Å². The Morgan fingerprint density at radius 3 is 2.86 bits per heavy atom. The maximum absolute atomic E-state index is 13.6. The highest BCUT2D eigenvalue weighted by Crippen LogP contribution is 2.44. The lowest BCUT2D eigenvalue weighted by Gasteiger charge is -2.32. The number of phenols is 1. The van der Waals surface area contributed by atoms with Crippen LogP contribution in [0.2, 0.25) is 0 Å². The molecular weight excluding hydrogens is 457 g/mol. The largest absolute Gasteiger partial charge is 0.506 e. The summed E-state index contributed by atoms with van der Waals surface area (Å²) in [4.78, 5) is 12.7. The molecule has 0 aliphatic carbocycles. The number of anilines is 2. The van der Waals surface area contributed by atoms with Crippen molar-refractivity contribution in [2.45, 2.75) is 24.7 Å². The highest BCUT2D eigenvalue weighted by Gasteiger charge is 2.47. The first-order chi connectivity index (χ1) is 13.7. The highest BCUT2D eigenvalue weighted by molar-refractivity contribution is 9.10. The molecule has 0 saturated carbocycles. The van der Waals surface area contributed by atoms with Gasteiger partial charge < -0.3 is 20.2 Å². The van der Waals surface area contributed by atoms with E-state index in [0.29, 0.717) is 10.2 Å². The monoisotopic (exact) mass is 470 g/mol. The number of fused-ring (bicyclic) bond motifs is 1. The van der Waals surface area contributed by atoms with Crippen LogP contribution in [0.1, 0.15) is 34.6 Å². The van der Waals surface area contributed by atoms with Gasteiger partial charge in [-0.25, -0.2) is 4.68 Å². The third kappa shape index (κ3) is 3.69. The molecule has 1 aromatic carbocycles. The van der Waals surface area contributed by atoms with Crippen LogP contribution in [0.15, 0.2) is 51.7 Å². The third-order valence-corrected chi connectivity index (χ3v) is 5.07. The number of aromatic nitrogens is 2. The number of benzene rings is 1. The van der Waals surface area contributed by atoms with E-state index in [1.165, 1.54) is 18.4 Å². The quantitative estimate of drug-likeness (QED) is 0.475. The lowest BCUT2D eigenvalue weighted by Crippen LogP contribution is -2.36. The van der Waals surface area contributed by atoms with Crippen molar-refractivity contribution < 1.29 is 27.5 Å². The molecule has 0 fully saturated rings. The Hall–Kier alpha value is -2.95. The van der Waals surface area contributed by atoms with Gasteiger partial charge in [0.2, 0.25) is 0 Å². The van der Waals surface area contributed by atoms with E-state index in [2.05, 4.69) is 31.7 Å². The lowest BCUT2D eigenvalue weighted by atomic mass is 10.0. The van der Waals surface area contributed by atoms with Crippen LogP contribution in [0.5, 0.6) is 5.75 Å². The summed E-state index contributed by atoms with van der Waals surface area (Å²) in [5.74, 6) is -0.653. The summed E-state index contributed by atoms with van der Waals surface area (Å²) in [6, 6.07) is 4.86. The molecule has 1 amide bonds. The Balaban J connectivity index is 1.70. The minimum absolute atomic E-state index is 0.0769. The number of rotatable bonds is 3. The molecule has 2 atom stereocenters. The number of carbonyl (C=O) groups is 1. The zero-order valence-electron chi connectivity index (χ0n) is 14.6. The number of aromatic hydroxyl groups is 1. The summed E-state index contributed by atoms with van der Waals surface area (Å²) in [6.45, 7) is 0. The van der Waals surface area contributed by atoms with E-state index in [1.54, 1.807) is 18.2 Å². The molecule has 152 valence electrons. The molecule has 0 saturated heterocycles. The van der Waals surface area contributed by atoms with Crippen LogP contribution < -0.4 is 10.6 Å². The first-order valence-electron chi connectivity index (χ1n) is 8.48. The number of halogens is 4. The van der Waals surface area contributed by atoms with E-state index < -0.39 is 24.2 Å². The lowest BCUT2D eigenvalue weighted by molar-refractivity contribution is -0.174. The number of phenolic OH excluding ortho intramolecular Hbond substituents is 1. The van der Waals surface area contributed by atoms with Gasteiger partial charge in [0.05, 0.1) is 24.2 Å². The number of furan rings is 1. The van der Waals surface area contributed by atoms with Crippen molar-refractivity contribution in [3.05, 3.63) is 58.6 Å². The Labute approximate surface area is 170 Å². The first-order valence-corrected chi connectivity index (χ1v) is 9.27. The molecule has 4 rings (SSSR count). The van der Waals surface area contributed by atoms with Crippen molar-refractivity contribution >= 4 is 33.3 Å². The number of hydrogen-bond acceptors (Lipinski definition) is 5. The molecule has 2 aromatic heterocycles. The third-order valence-electron chi connectivity index (χ3n) is 4.58. The van der Waals surface area contributed by atoms with E-state index in [-0.39, 0.29) is 29.2 Å². The molecule has 29 heavy (non-hydrogen) atoms. The van der Waals surface area contributed by atoms with Crippen LogP contribution in [0, 0.1) is 0 Å². The summed E-state index contributed by atoms with van der Waals surface area (Å²) in [6.07, 6.45) is -2.46. The van der Waals surface area contributed by atoms with Crippen LogP contribution in [0.3, 0.4) is 0 Å². The molecule has 0 spiro atoms. The molecule has 0 unspecified atom stereocenters. The number of amides is 1. The Morgan fingerprint density at radius 2 is 2.17 bits per heavy atom. The fourth-order valence-electron chi connectivity index (χ4n) is 3.20. The molecule has 3 N–H and O–H groups in total. The second kappa shape index (κ2) is 7.14. The van der Waals surface area contributed by atoms with E-state index in [9.17, 15) is 23.1 Å². The van der Waals surface area contributed by atoms with Gasteiger partial charge in [-0.05, 0) is 30.3 Å². The average Bonchev–Trinajstić information content (AvgIpc) is 3.32. The molecule has 1 aliphatic rings. The van der Waals surface area contributed by atoms with Crippen LogP contribution in [-0.2, 0) is 0 Å². The molecule has 1 aliphatic heterocycles. The summed E-state index contributed by atoms with van der Waals surface area (Å²) in [5, 5.41) is 19.1. The summed E-state index contributed by atoms with van der Waals surface area (Å²) in [7, 11) is 0. The van der Waals surface area contributed by atoms with Gasteiger partial charge in [-0.3, -0.25) is 4.79 Å². The molecule has 7 nitrogen and oxygen atoms in total. The summed E-state index contributed by atoms with van der Waals surface area (Å²) < 4.78 is 47.5. The van der Waals surface area contributed by atoms with Crippen molar-refractivity contribution in [2.75, 3.05) is 10.6 Å². The van der Waals surface area contributed by atoms with Crippen molar-refractivity contribution in [1.29, 1.82) is 0 Å². The SMILES string of the molecule is O=C(Nc1cc(Br)ccc1O)c1cnn2c1N[C@H](c1ccco1)C[C@@H]2C(F)(F)F. The van der Waals surface area contributed by atoms with Gasteiger partial charge in [-0.2, -0.15) is 18.3 Å². The predicted molar refractivity (Wildman–Crippen MR) is 101 cm³/mol. The van der Waals surface area contributed by atoms with E-state index in [1.807, 2.05) is 0 Å². The van der Waals surface area contributed by atoms with Gasteiger partial charge in [0, 0.05) is 10.9 Å². The van der Waals surface area contributed by atoms with E-state index in [0.717, 1.165) is 10.9 Å². The fraction of sp³-hybridized carbons (Fsp3) is 0.222. The standard InChI is InChI=1S/C18H14BrF3N4O3/c19-9-3-4-13(27)11(6-9)25-17(28)10-8-23-26-15(18(20,21)22)7-12(24-16(10)26)14-2-1-5-29-14/h1-6,8,12,15,24,27H,7H2,(H,25,28)/t12-,15+/m0/s1. The summed E-state index contributed by atoms with van der Waals surface area (Å²) in [5.41, 5.74) is 0.0185. The average molecular weight is 471 g/mol. The Morgan fingerprint density at radius 1 is 1.38 bits per heavy atom. The molecule has 11 heteroatoms. The topological polar surface area (TPSA) is 92.3 Å². The normalized spacial score (nSPS) is 18.8. The smallest absolute Gasteiger partial charge is 0.410 e. The van der Waals surface area contributed by atoms with Gasteiger partial charge >= 0.3 is 6.18 Å². The van der Waals surface area contributed by atoms with Crippen molar-refractivity contribution in [3.63, 3.8) is 0 Å². The Kier molecular flexibility index (Phi) is 4.77. The van der Waals surface area contributed by atoms with Gasteiger partial charge in [0.15, 0.2) is 6.04 Å². The van der Waals surface area contributed by atoms with Gasteiger partial charge in [0.25, 0.3) is 5.91 Å². The van der Waals surface area contributed by atoms with Crippen LogP contribution in [0.4, 0.5) is 24.7 Å². The second-order valence-electron chi connectivity index (χ2n) is 6.47. The highest BCUT2D eigenvalue weighted by atomic mass is 79.9. The van der Waals surface area contributed by atoms with Crippen LogP contribution >= 0.6 is 15.9 Å².